The molecule has 0 aliphatic carbocycles. The van der Waals surface area contributed by atoms with E-state index in [1.165, 1.54) is 11.1 Å². The van der Waals surface area contributed by atoms with E-state index in [1.54, 1.807) is 0 Å². The molecule has 0 radical (unpaired) electrons. The van der Waals surface area contributed by atoms with E-state index in [4.69, 9.17) is 4.74 Å². The molecule has 7 heteroatoms. The highest BCUT2D eigenvalue weighted by molar-refractivity contribution is 5.82. The zero-order chi connectivity index (χ0) is 19.0. The predicted molar refractivity (Wildman–Crippen MR) is 102 cm³/mol. The maximum absolute atomic E-state index is 12.7. The first kappa shape index (κ1) is 18.2. The van der Waals surface area contributed by atoms with Crippen LogP contribution in [-0.4, -0.2) is 48.9 Å². The van der Waals surface area contributed by atoms with Gasteiger partial charge in [0.1, 0.15) is 6.17 Å². The molecule has 0 aromatic heterocycles. The van der Waals surface area contributed by atoms with Crippen molar-refractivity contribution in [1.82, 2.24) is 15.8 Å². The standard InChI is InChI=1S/C20H27N5O2/c1-12-3-4-15(9-13(12)2)23-19-18-16(5-7-22-20(18)26)25(24-19)17-11-27-8-6-14(17)10-21/h3-4,9,14,16-19,23-24H,5-8,11H2,1-2H3,(H,22,26)/t14-,16?,17+,18?,19?/m1/s1. The number of hydrazine groups is 1. The van der Waals surface area contributed by atoms with Crippen molar-refractivity contribution in [2.45, 2.75) is 44.9 Å². The number of carbonyl (C=O) groups excluding carboxylic acids is 1. The number of aryl methyl sites for hydroxylation is 2. The van der Waals surface area contributed by atoms with Gasteiger partial charge in [0.05, 0.1) is 30.6 Å². The number of nitrogens with zero attached hydrogens (tertiary/aromatic N) is 2. The summed E-state index contributed by atoms with van der Waals surface area (Å²) in [5.41, 5.74) is 6.96. The number of benzene rings is 1. The molecule has 5 atom stereocenters. The average molecular weight is 369 g/mol. The number of fused-ring (bicyclic) bond motifs is 1. The minimum Gasteiger partial charge on any atom is -0.380 e. The van der Waals surface area contributed by atoms with E-state index in [0.29, 0.717) is 19.8 Å². The van der Waals surface area contributed by atoms with Gasteiger partial charge < -0.3 is 15.4 Å². The summed E-state index contributed by atoms with van der Waals surface area (Å²) in [7, 11) is 0. The summed E-state index contributed by atoms with van der Waals surface area (Å²) in [5.74, 6) is -0.230. The van der Waals surface area contributed by atoms with E-state index < -0.39 is 0 Å². The van der Waals surface area contributed by atoms with Crippen LogP contribution in [0.1, 0.15) is 24.0 Å². The number of carbonyl (C=O) groups is 1. The number of hydrogen-bond acceptors (Lipinski definition) is 6. The van der Waals surface area contributed by atoms with Gasteiger partial charge in [0.15, 0.2) is 0 Å². The molecule has 7 nitrogen and oxygen atoms in total. The van der Waals surface area contributed by atoms with Gasteiger partial charge in [-0.15, -0.1) is 0 Å². The van der Waals surface area contributed by atoms with Gasteiger partial charge in [-0.2, -0.15) is 5.26 Å². The molecule has 144 valence electrons. The quantitative estimate of drug-likeness (QED) is 0.744. The molecule has 3 unspecified atom stereocenters. The Morgan fingerprint density at radius 2 is 2.11 bits per heavy atom. The van der Waals surface area contributed by atoms with E-state index in [2.05, 4.69) is 53.1 Å². The van der Waals surface area contributed by atoms with Gasteiger partial charge in [-0.05, 0) is 49.9 Å². The van der Waals surface area contributed by atoms with E-state index in [-0.39, 0.29) is 36.0 Å². The third-order valence-corrected chi connectivity index (χ3v) is 6.14. The first-order valence-electron chi connectivity index (χ1n) is 9.72. The molecule has 1 amide bonds. The van der Waals surface area contributed by atoms with Gasteiger partial charge in [0.2, 0.25) is 5.91 Å². The van der Waals surface area contributed by atoms with Crippen LogP contribution in [0.4, 0.5) is 5.69 Å². The van der Waals surface area contributed by atoms with Crippen LogP contribution in [0.5, 0.6) is 0 Å². The fourth-order valence-corrected chi connectivity index (χ4v) is 4.46. The maximum atomic E-state index is 12.7. The summed E-state index contributed by atoms with van der Waals surface area (Å²) in [6, 6.07) is 8.70. The molecule has 1 aromatic rings. The van der Waals surface area contributed by atoms with Gasteiger partial charge in [0, 0.05) is 24.9 Å². The van der Waals surface area contributed by atoms with Crippen molar-refractivity contribution >= 4 is 11.6 Å². The van der Waals surface area contributed by atoms with Crippen LogP contribution < -0.4 is 16.1 Å². The van der Waals surface area contributed by atoms with Gasteiger partial charge in [-0.3, -0.25) is 4.79 Å². The lowest BCUT2D eigenvalue weighted by Gasteiger charge is -2.39. The lowest BCUT2D eigenvalue weighted by atomic mass is 9.88. The van der Waals surface area contributed by atoms with Crippen molar-refractivity contribution in [3.63, 3.8) is 0 Å². The van der Waals surface area contributed by atoms with Crippen LogP contribution in [-0.2, 0) is 9.53 Å². The van der Waals surface area contributed by atoms with Crippen molar-refractivity contribution in [3.8, 4) is 6.07 Å². The van der Waals surface area contributed by atoms with E-state index in [0.717, 1.165) is 18.5 Å². The molecular weight excluding hydrogens is 342 g/mol. The molecule has 3 aliphatic heterocycles. The Morgan fingerprint density at radius 3 is 2.89 bits per heavy atom. The Kier molecular flexibility index (Phi) is 5.04. The fourth-order valence-electron chi connectivity index (χ4n) is 4.46. The summed E-state index contributed by atoms with van der Waals surface area (Å²) in [6.45, 7) is 5.99. The van der Waals surface area contributed by atoms with Crippen LogP contribution in [0.3, 0.4) is 0 Å². The Bertz CT molecular complexity index is 761. The Hall–Kier alpha value is -2.14. The second kappa shape index (κ2) is 7.47. The monoisotopic (exact) mass is 369 g/mol. The predicted octanol–water partition coefficient (Wildman–Crippen LogP) is 1.30. The van der Waals surface area contributed by atoms with E-state index in [9.17, 15) is 10.1 Å². The van der Waals surface area contributed by atoms with Crippen LogP contribution >= 0.6 is 0 Å². The molecule has 3 N–H and O–H groups in total. The topological polar surface area (TPSA) is 89.4 Å². The minimum atomic E-state index is -0.210. The lowest BCUT2D eigenvalue weighted by molar-refractivity contribution is -0.128. The summed E-state index contributed by atoms with van der Waals surface area (Å²) in [6.07, 6.45) is 1.39. The lowest BCUT2D eigenvalue weighted by Crippen LogP contribution is -2.56. The number of nitrogens with one attached hydrogen (secondary N) is 3. The zero-order valence-corrected chi connectivity index (χ0v) is 15.9. The number of nitriles is 1. The SMILES string of the molecule is Cc1ccc(NC2NN([C@H]3COCC[C@@H]3C#N)C3CCNC(=O)C23)cc1C. The molecule has 4 rings (SSSR count). The van der Waals surface area contributed by atoms with Crippen LogP contribution in [0, 0.1) is 37.0 Å². The van der Waals surface area contributed by atoms with Crippen molar-refractivity contribution < 1.29 is 9.53 Å². The van der Waals surface area contributed by atoms with Crippen LogP contribution in [0.25, 0.3) is 0 Å². The van der Waals surface area contributed by atoms with E-state index in [1.807, 2.05) is 6.07 Å². The summed E-state index contributed by atoms with van der Waals surface area (Å²) < 4.78 is 5.66. The highest BCUT2D eigenvalue weighted by Crippen LogP contribution is 2.33. The number of rotatable bonds is 3. The summed E-state index contributed by atoms with van der Waals surface area (Å²) >= 11 is 0. The Labute approximate surface area is 160 Å². The molecule has 0 spiro atoms. The normalized spacial score (nSPS) is 33.8. The fraction of sp³-hybridized carbons (Fsp3) is 0.600. The molecule has 3 aliphatic rings. The first-order chi connectivity index (χ1) is 13.1. The average Bonchev–Trinajstić information content (AvgIpc) is 3.04. The van der Waals surface area contributed by atoms with Crippen LogP contribution in [0.15, 0.2) is 18.2 Å². The number of hydrogen-bond donors (Lipinski definition) is 3. The van der Waals surface area contributed by atoms with Crippen molar-refractivity contribution in [2.75, 3.05) is 25.1 Å². The van der Waals surface area contributed by atoms with E-state index >= 15 is 0 Å². The molecule has 3 fully saturated rings. The number of piperidine rings is 1. The molecule has 27 heavy (non-hydrogen) atoms. The number of ether oxygens (including phenoxy) is 1. The Morgan fingerprint density at radius 1 is 1.26 bits per heavy atom. The molecular formula is C20H27N5O2. The van der Waals surface area contributed by atoms with Gasteiger partial charge in [-0.25, -0.2) is 10.4 Å². The highest BCUT2D eigenvalue weighted by Gasteiger charge is 2.51. The molecule has 0 bridgehead atoms. The number of anilines is 1. The number of amides is 1. The maximum Gasteiger partial charge on any atom is 0.228 e. The molecule has 1 aromatic carbocycles. The second-order valence-corrected chi connectivity index (χ2v) is 7.80. The summed E-state index contributed by atoms with van der Waals surface area (Å²) in [5, 5.41) is 18.2. The van der Waals surface area contributed by atoms with Crippen molar-refractivity contribution in [2.24, 2.45) is 11.8 Å². The van der Waals surface area contributed by atoms with Gasteiger partial charge >= 0.3 is 0 Å². The second-order valence-electron chi connectivity index (χ2n) is 7.80. The minimum absolute atomic E-state index is 0.0336. The third kappa shape index (κ3) is 3.41. The smallest absolute Gasteiger partial charge is 0.228 e. The molecule has 3 heterocycles. The molecule has 0 saturated carbocycles. The largest absolute Gasteiger partial charge is 0.380 e. The first-order valence-corrected chi connectivity index (χ1v) is 9.72. The zero-order valence-electron chi connectivity index (χ0n) is 15.9. The summed E-state index contributed by atoms with van der Waals surface area (Å²) in [4.78, 5) is 12.7. The Balaban J connectivity index is 1.59. The van der Waals surface area contributed by atoms with Crippen molar-refractivity contribution in [1.29, 1.82) is 5.26 Å². The highest BCUT2D eigenvalue weighted by atomic mass is 16.5. The van der Waals surface area contributed by atoms with Gasteiger partial charge in [-0.1, -0.05) is 6.07 Å². The molecule has 3 saturated heterocycles. The van der Waals surface area contributed by atoms with Crippen LogP contribution in [0.2, 0.25) is 0 Å². The third-order valence-electron chi connectivity index (χ3n) is 6.14. The van der Waals surface area contributed by atoms with Gasteiger partial charge in [0.25, 0.3) is 0 Å². The van der Waals surface area contributed by atoms with Crippen molar-refractivity contribution in [3.05, 3.63) is 29.3 Å².